The molecule has 6 rings (SSSR count). The van der Waals surface area contributed by atoms with Crippen molar-refractivity contribution in [3.8, 4) is 11.1 Å². The second kappa shape index (κ2) is 9.83. The molecule has 0 atom stereocenters. The number of likely N-dealkylation sites (tertiary alicyclic amines) is 2. The van der Waals surface area contributed by atoms with Gasteiger partial charge in [-0.1, -0.05) is 12.1 Å². The van der Waals surface area contributed by atoms with Crippen molar-refractivity contribution in [3.05, 3.63) is 76.6 Å². The zero-order chi connectivity index (χ0) is 26.4. The number of piperidine rings is 1. The Kier molecular flexibility index (Phi) is 6.35. The van der Waals surface area contributed by atoms with Crippen LogP contribution in [0.25, 0.3) is 22.8 Å². The minimum atomic E-state index is -0.693. The molecule has 3 aliphatic heterocycles. The molecule has 0 bridgehead atoms. The molecule has 2 saturated heterocycles. The maximum atomic E-state index is 14.0. The Bertz CT molecular complexity index is 1430. The number of hydrogen-bond acceptors (Lipinski definition) is 3. The first kappa shape index (κ1) is 24.6. The molecule has 2 aromatic carbocycles. The van der Waals surface area contributed by atoms with E-state index in [1.807, 2.05) is 17.9 Å². The van der Waals surface area contributed by atoms with Crippen LogP contribution in [0.15, 0.2) is 42.5 Å². The van der Waals surface area contributed by atoms with Crippen molar-refractivity contribution in [2.45, 2.75) is 38.6 Å². The van der Waals surface area contributed by atoms with Gasteiger partial charge in [0.1, 0.15) is 11.6 Å². The summed E-state index contributed by atoms with van der Waals surface area (Å²) in [6, 6.07) is 10.9. The third-order valence-corrected chi connectivity index (χ3v) is 7.91. The molecule has 0 radical (unpaired) electrons. The number of benzene rings is 2. The molecule has 0 unspecified atom stereocenters. The second-order valence-electron chi connectivity index (χ2n) is 10.4. The molecular weight excluding hydrogens is 486 g/mol. The third-order valence-electron chi connectivity index (χ3n) is 7.91. The lowest BCUT2D eigenvalue weighted by atomic mass is 9.94. The Hall–Kier alpha value is -3.78. The summed E-state index contributed by atoms with van der Waals surface area (Å²) in [5.41, 5.74) is 4.20. The molecule has 0 saturated carbocycles. The maximum Gasteiger partial charge on any atom is 0.256 e. The number of hydrogen-bond donors (Lipinski definition) is 2. The van der Waals surface area contributed by atoms with E-state index in [2.05, 4.69) is 15.2 Å². The van der Waals surface area contributed by atoms with Crippen LogP contribution in [0.1, 0.15) is 53.0 Å². The average molecular weight is 517 g/mol. The van der Waals surface area contributed by atoms with Crippen molar-refractivity contribution in [2.75, 3.05) is 31.5 Å². The van der Waals surface area contributed by atoms with Gasteiger partial charge in [-0.3, -0.25) is 9.59 Å². The highest BCUT2D eigenvalue weighted by Crippen LogP contribution is 2.41. The maximum absolute atomic E-state index is 14.0. The SMILES string of the molecule is Cc1cc(C(=O)N2CCC(N3CCCC3)CC2)c(C=C2C(=O)Nc3cccc(-c4cc(F)cc(F)c4)c32)[nH]1. The molecule has 2 fully saturated rings. The van der Waals surface area contributed by atoms with Gasteiger partial charge in [-0.25, -0.2) is 8.78 Å². The average Bonchev–Trinajstić information content (AvgIpc) is 3.63. The van der Waals surface area contributed by atoms with Gasteiger partial charge in [0.25, 0.3) is 11.8 Å². The Morgan fingerprint density at radius 1 is 1.00 bits per heavy atom. The zero-order valence-corrected chi connectivity index (χ0v) is 21.3. The first-order valence-corrected chi connectivity index (χ1v) is 13.2. The fraction of sp³-hybridized carbons (Fsp3) is 0.333. The van der Waals surface area contributed by atoms with E-state index in [9.17, 15) is 18.4 Å². The number of anilines is 1. The van der Waals surface area contributed by atoms with Crippen LogP contribution in [0.5, 0.6) is 0 Å². The van der Waals surface area contributed by atoms with Crippen LogP contribution in [0.2, 0.25) is 0 Å². The van der Waals surface area contributed by atoms with E-state index >= 15 is 0 Å². The van der Waals surface area contributed by atoms with Crippen molar-refractivity contribution >= 4 is 29.2 Å². The lowest BCUT2D eigenvalue weighted by molar-refractivity contribution is -0.110. The Balaban J connectivity index is 1.32. The number of rotatable bonds is 4. The zero-order valence-electron chi connectivity index (χ0n) is 21.3. The fourth-order valence-corrected chi connectivity index (χ4v) is 6.09. The topological polar surface area (TPSA) is 68.4 Å². The molecule has 3 aliphatic rings. The van der Waals surface area contributed by atoms with Gasteiger partial charge in [0.05, 0.1) is 16.8 Å². The van der Waals surface area contributed by atoms with Gasteiger partial charge < -0.3 is 20.1 Å². The number of nitrogens with one attached hydrogen (secondary N) is 2. The number of amides is 2. The van der Waals surface area contributed by atoms with Gasteiger partial charge in [0, 0.05) is 42.1 Å². The Morgan fingerprint density at radius 2 is 1.71 bits per heavy atom. The van der Waals surface area contributed by atoms with Gasteiger partial charge in [0.15, 0.2) is 0 Å². The number of H-pyrrole nitrogens is 1. The van der Waals surface area contributed by atoms with Crippen LogP contribution >= 0.6 is 0 Å². The van der Waals surface area contributed by atoms with E-state index in [1.54, 1.807) is 24.3 Å². The normalized spacial score (nSPS) is 19.3. The minimum absolute atomic E-state index is 0.0554. The smallest absolute Gasteiger partial charge is 0.256 e. The predicted octanol–water partition coefficient (Wildman–Crippen LogP) is 5.46. The number of fused-ring (bicyclic) bond motifs is 1. The van der Waals surface area contributed by atoms with Gasteiger partial charge >= 0.3 is 0 Å². The summed E-state index contributed by atoms with van der Waals surface area (Å²) >= 11 is 0. The second-order valence-corrected chi connectivity index (χ2v) is 10.4. The van der Waals surface area contributed by atoms with Crippen LogP contribution < -0.4 is 5.32 Å². The highest BCUT2D eigenvalue weighted by atomic mass is 19.1. The first-order chi connectivity index (χ1) is 18.4. The Morgan fingerprint density at radius 3 is 2.42 bits per heavy atom. The molecule has 0 spiro atoms. The first-order valence-electron chi connectivity index (χ1n) is 13.2. The molecule has 0 aliphatic carbocycles. The standard InChI is InChI=1S/C30H30F2N4O2/c1-18-13-24(30(38)36-11-7-22(8-12-36)35-9-2-3-10-35)27(33-18)17-25-28-23(5-4-6-26(28)34-29(25)37)19-14-20(31)16-21(32)15-19/h4-6,13-17,22,33H,2-3,7-12H2,1H3,(H,34,37). The predicted molar refractivity (Wildman–Crippen MR) is 144 cm³/mol. The molecule has 4 heterocycles. The highest BCUT2D eigenvalue weighted by Gasteiger charge is 2.31. The summed E-state index contributed by atoms with van der Waals surface area (Å²) in [5, 5.41) is 2.85. The van der Waals surface area contributed by atoms with Crippen molar-refractivity contribution < 1.29 is 18.4 Å². The molecule has 2 N–H and O–H groups in total. The summed E-state index contributed by atoms with van der Waals surface area (Å²) in [7, 11) is 0. The monoisotopic (exact) mass is 516 g/mol. The van der Waals surface area contributed by atoms with E-state index < -0.39 is 11.6 Å². The van der Waals surface area contributed by atoms with Gasteiger partial charge in [-0.15, -0.1) is 0 Å². The number of aromatic nitrogens is 1. The van der Waals surface area contributed by atoms with Crippen molar-refractivity contribution in [1.29, 1.82) is 0 Å². The van der Waals surface area contributed by atoms with Crippen LogP contribution in [0.3, 0.4) is 0 Å². The number of nitrogens with zero attached hydrogens (tertiary/aromatic N) is 2. The molecule has 38 heavy (non-hydrogen) atoms. The molecular formula is C30H30F2N4O2. The number of aromatic amines is 1. The van der Waals surface area contributed by atoms with E-state index in [4.69, 9.17) is 0 Å². The molecule has 3 aromatic rings. The van der Waals surface area contributed by atoms with Gasteiger partial charge in [0.2, 0.25) is 0 Å². The molecule has 1 aromatic heterocycles. The van der Waals surface area contributed by atoms with Gasteiger partial charge in [-0.05, 0) is 87.2 Å². The number of halogens is 2. The van der Waals surface area contributed by atoms with E-state index in [1.165, 1.54) is 25.0 Å². The lowest BCUT2D eigenvalue weighted by Gasteiger charge is -2.36. The van der Waals surface area contributed by atoms with Crippen molar-refractivity contribution in [3.63, 3.8) is 0 Å². The third kappa shape index (κ3) is 4.53. The number of carbonyl (C=O) groups excluding carboxylic acids is 2. The summed E-state index contributed by atoms with van der Waals surface area (Å²) in [5.74, 6) is -1.77. The molecule has 2 amide bonds. The lowest BCUT2D eigenvalue weighted by Crippen LogP contribution is -2.46. The van der Waals surface area contributed by atoms with Crippen LogP contribution in [0.4, 0.5) is 14.5 Å². The minimum Gasteiger partial charge on any atom is -0.358 e. The summed E-state index contributed by atoms with van der Waals surface area (Å²) in [6.45, 7) is 5.60. The number of aryl methyl sites for hydroxylation is 1. The number of carbonyl (C=O) groups is 2. The molecule has 8 heteroatoms. The van der Waals surface area contributed by atoms with Crippen molar-refractivity contribution in [1.82, 2.24) is 14.8 Å². The quantitative estimate of drug-likeness (QED) is 0.453. The van der Waals surface area contributed by atoms with E-state index in [0.29, 0.717) is 58.3 Å². The summed E-state index contributed by atoms with van der Waals surface area (Å²) < 4.78 is 28.1. The largest absolute Gasteiger partial charge is 0.358 e. The van der Waals surface area contributed by atoms with E-state index in [-0.39, 0.29) is 11.8 Å². The molecule has 196 valence electrons. The van der Waals surface area contributed by atoms with Crippen molar-refractivity contribution in [2.24, 2.45) is 0 Å². The molecule has 6 nitrogen and oxygen atoms in total. The fourth-order valence-electron chi connectivity index (χ4n) is 6.09. The summed E-state index contributed by atoms with van der Waals surface area (Å²) in [6.07, 6.45) is 6.13. The van der Waals surface area contributed by atoms with E-state index in [0.717, 1.165) is 37.7 Å². The highest BCUT2D eigenvalue weighted by molar-refractivity contribution is 6.36. The van der Waals surface area contributed by atoms with Crippen LogP contribution in [-0.4, -0.2) is 58.8 Å². The van der Waals surface area contributed by atoms with Gasteiger partial charge in [-0.2, -0.15) is 0 Å². The summed E-state index contributed by atoms with van der Waals surface area (Å²) in [4.78, 5) is 34.4. The van der Waals surface area contributed by atoms with Crippen LogP contribution in [-0.2, 0) is 4.79 Å². The Labute approximate surface area is 220 Å². The van der Waals surface area contributed by atoms with Crippen LogP contribution in [0, 0.1) is 18.6 Å².